The van der Waals surface area contributed by atoms with Crippen molar-refractivity contribution in [2.45, 2.75) is 6.54 Å². The smallest absolute Gasteiger partial charge is 0.271 e. The van der Waals surface area contributed by atoms with E-state index < -0.39 is 5.91 Å². The van der Waals surface area contributed by atoms with Gasteiger partial charge in [-0.05, 0) is 29.6 Å². The number of fused-ring (bicyclic) bond motifs is 1. The van der Waals surface area contributed by atoms with Crippen molar-refractivity contribution in [1.29, 1.82) is 5.26 Å². The second-order valence-corrected chi connectivity index (χ2v) is 6.02. The Balaban J connectivity index is 1.84. The first-order valence-electron chi connectivity index (χ1n) is 6.50. The Morgan fingerprint density at radius 3 is 3.04 bits per heavy atom. The standard InChI is InChI=1S/C15H9ClN4O2S/c16-10-2-1-9(6-17)12(5-10)19-13(21)7-20-8-18-11-3-4-23-14(11)15(20)22/h1-5,8H,7H2,(H,19,21). The summed E-state index contributed by atoms with van der Waals surface area (Å²) in [4.78, 5) is 28.5. The van der Waals surface area contributed by atoms with Crippen LogP contribution in [0.25, 0.3) is 10.2 Å². The summed E-state index contributed by atoms with van der Waals surface area (Å²) in [6.07, 6.45) is 1.33. The van der Waals surface area contributed by atoms with E-state index in [0.717, 1.165) is 0 Å². The molecule has 2 heterocycles. The molecule has 0 bridgehead atoms. The van der Waals surface area contributed by atoms with Crippen LogP contribution in [0.5, 0.6) is 0 Å². The highest BCUT2D eigenvalue weighted by molar-refractivity contribution is 7.17. The number of benzene rings is 1. The predicted octanol–water partition coefficient (Wildman–Crippen LogP) is 2.62. The molecule has 0 spiro atoms. The minimum absolute atomic E-state index is 0.197. The number of thiophene rings is 1. The van der Waals surface area contributed by atoms with Gasteiger partial charge in [-0.1, -0.05) is 11.6 Å². The first-order valence-corrected chi connectivity index (χ1v) is 7.76. The summed E-state index contributed by atoms with van der Waals surface area (Å²) in [6.45, 7) is -0.197. The Morgan fingerprint density at radius 1 is 1.43 bits per heavy atom. The number of hydrogen-bond acceptors (Lipinski definition) is 5. The monoisotopic (exact) mass is 344 g/mol. The number of aromatic nitrogens is 2. The van der Waals surface area contributed by atoms with Crippen LogP contribution in [0, 0.1) is 11.3 Å². The third-order valence-corrected chi connectivity index (χ3v) is 4.25. The van der Waals surface area contributed by atoms with E-state index in [0.29, 0.717) is 26.5 Å². The molecule has 8 heteroatoms. The number of nitriles is 1. The summed E-state index contributed by atoms with van der Waals surface area (Å²) in [5.41, 5.74) is 0.940. The fraction of sp³-hybridized carbons (Fsp3) is 0.0667. The van der Waals surface area contributed by atoms with Crippen molar-refractivity contribution >= 4 is 44.7 Å². The Kier molecular flexibility index (Phi) is 4.10. The molecular formula is C15H9ClN4O2S. The number of hydrogen-bond donors (Lipinski definition) is 1. The molecule has 3 aromatic rings. The van der Waals surface area contributed by atoms with Crippen molar-refractivity contribution in [1.82, 2.24) is 9.55 Å². The zero-order chi connectivity index (χ0) is 16.4. The molecule has 3 rings (SSSR count). The molecule has 23 heavy (non-hydrogen) atoms. The van der Waals surface area contributed by atoms with Crippen LogP contribution >= 0.6 is 22.9 Å². The molecule has 0 saturated carbocycles. The van der Waals surface area contributed by atoms with Crippen LogP contribution in [0.15, 0.2) is 40.8 Å². The molecule has 2 aromatic heterocycles. The molecular weight excluding hydrogens is 336 g/mol. The lowest BCUT2D eigenvalue weighted by Gasteiger charge is -2.09. The fourth-order valence-electron chi connectivity index (χ4n) is 2.05. The molecule has 0 aliphatic heterocycles. The van der Waals surface area contributed by atoms with Gasteiger partial charge in [0, 0.05) is 5.02 Å². The van der Waals surface area contributed by atoms with Crippen molar-refractivity contribution in [2.24, 2.45) is 0 Å². The summed E-state index contributed by atoms with van der Waals surface area (Å²) in [6, 6.07) is 8.29. The van der Waals surface area contributed by atoms with Gasteiger partial charge in [-0.15, -0.1) is 11.3 Å². The lowest BCUT2D eigenvalue weighted by molar-refractivity contribution is -0.116. The first-order chi connectivity index (χ1) is 11.1. The molecule has 6 nitrogen and oxygen atoms in total. The summed E-state index contributed by atoms with van der Waals surface area (Å²) in [5, 5.41) is 13.8. The number of nitrogens with zero attached hydrogens (tertiary/aromatic N) is 3. The minimum Gasteiger partial charge on any atom is -0.323 e. The summed E-state index contributed by atoms with van der Waals surface area (Å²) >= 11 is 7.15. The molecule has 0 aliphatic carbocycles. The van der Waals surface area contributed by atoms with Gasteiger partial charge in [0.15, 0.2) is 0 Å². The third-order valence-electron chi connectivity index (χ3n) is 3.13. The zero-order valence-corrected chi connectivity index (χ0v) is 13.2. The lowest BCUT2D eigenvalue weighted by Crippen LogP contribution is -2.27. The van der Waals surface area contributed by atoms with E-state index in [-0.39, 0.29) is 12.1 Å². The average Bonchev–Trinajstić information content (AvgIpc) is 3.00. The van der Waals surface area contributed by atoms with Crippen molar-refractivity contribution in [3.8, 4) is 6.07 Å². The number of carbonyl (C=O) groups is 1. The first kappa shape index (κ1) is 15.2. The molecule has 0 unspecified atom stereocenters. The zero-order valence-electron chi connectivity index (χ0n) is 11.6. The number of nitrogens with one attached hydrogen (secondary N) is 1. The maximum atomic E-state index is 12.2. The van der Waals surface area contributed by atoms with Gasteiger partial charge < -0.3 is 5.32 Å². The van der Waals surface area contributed by atoms with Crippen LogP contribution < -0.4 is 10.9 Å². The van der Waals surface area contributed by atoms with Crippen LogP contribution in [0.1, 0.15) is 5.56 Å². The van der Waals surface area contributed by atoms with Crippen LogP contribution in [-0.2, 0) is 11.3 Å². The van der Waals surface area contributed by atoms with Crippen LogP contribution in [0.4, 0.5) is 5.69 Å². The van der Waals surface area contributed by atoms with Crippen molar-refractivity contribution in [3.63, 3.8) is 0 Å². The molecule has 0 aliphatic rings. The predicted molar refractivity (Wildman–Crippen MR) is 88.7 cm³/mol. The van der Waals surface area contributed by atoms with Gasteiger partial charge in [-0.2, -0.15) is 5.26 Å². The molecule has 0 saturated heterocycles. The molecule has 1 aromatic carbocycles. The summed E-state index contributed by atoms with van der Waals surface area (Å²) in [7, 11) is 0. The Labute approximate surface area is 139 Å². The maximum Gasteiger partial charge on any atom is 0.271 e. The molecule has 0 fully saturated rings. The number of anilines is 1. The normalized spacial score (nSPS) is 10.4. The Bertz CT molecular complexity index is 1000. The quantitative estimate of drug-likeness (QED) is 0.791. The molecule has 1 N–H and O–H groups in total. The number of amides is 1. The highest BCUT2D eigenvalue weighted by Crippen LogP contribution is 2.20. The van der Waals surface area contributed by atoms with Gasteiger partial charge >= 0.3 is 0 Å². The van der Waals surface area contributed by atoms with E-state index in [2.05, 4.69) is 10.3 Å². The van der Waals surface area contributed by atoms with Gasteiger partial charge in [0.1, 0.15) is 17.3 Å². The fourth-order valence-corrected chi connectivity index (χ4v) is 3.02. The van der Waals surface area contributed by atoms with Crippen molar-refractivity contribution in [3.05, 3.63) is 56.9 Å². The Morgan fingerprint density at radius 2 is 2.26 bits per heavy atom. The van der Waals surface area contributed by atoms with E-state index in [4.69, 9.17) is 16.9 Å². The highest BCUT2D eigenvalue weighted by atomic mass is 35.5. The van der Waals surface area contributed by atoms with Crippen LogP contribution in [0.3, 0.4) is 0 Å². The minimum atomic E-state index is -0.441. The lowest BCUT2D eigenvalue weighted by atomic mass is 10.2. The SMILES string of the molecule is N#Cc1ccc(Cl)cc1NC(=O)Cn1cnc2ccsc2c1=O. The van der Waals surface area contributed by atoms with Crippen molar-refractivity contribution < 1.29 is 4.79 Å². The largest absolute Gasteiger partial charge is 0.323 e. The van der Waals surface area contributed by atoms with E-state index in [1.807, 2.05) is 6.07 Å². The van der Waals surface area contributed by atoms with Crippen LogP contribution in [-0.4, -0.2) is 15.5 Å². The van der Waals surface area contributed by atoms with E-state index >= 15 is 0 Å². The Hall–Kier alpha value is -2.69. The van der Waals surface area contributed by atoms with E-state index in [1.165, 1.54) is 34.4 Å². The van der Waals surface area contributed by atoms with E-state index in [1.54, 1.807) is 17.5 Å². The van der Waals surface area contributed by atoms with Gasteiger partial charge in [0.05, 0.1) is 23.1 Å². The number of carbonyl (C=O) groups excluding carboxylic acids is 1. The maximum absolute atomic E-state index is 12.2. The number of halogens is 1. The van der Waals surface area contributed by atoms with Gasteiger partial charge in [0.2, 0.25) is 5.91 Å². The van der Waals surface area contributed by atoms with E-state index in [9.17, 15) is 9.59 Å². The highest BCUT2D eigenvalue weighted by Gasteiger charge is 2.11. The topological polar surface area (TPSA) is 87.8 Å². The average molecular weight is 345 g/mol. The summed E-state index contributed by atoms with van der Waals surface area (Å²) < 4.78 is 1.73. The van der Waals surface area contributed by atoms with Gasteiger partial charge in [0.25, 0.3) is 5.56 Å². The van der Waals surface area contributed by atoms with Gasteiger partial charge in [-0.25, -0.2) is 4.98 Å². The van der Waals surface area contributed by atoms with Crippen LogP contribution in [0.2, 0.25) is 5.02 Å². The second-order valence-electron chi connectivity index (χ2n) is 4.66. The third kappa shape index (κ3) is 3.08. The second kappa shape index (κ2) is 6.20. The molecule has 0 atom stereocenters. The number of rotatable bonds is 3. The van der Waals surface area contributed by atoms with Crippen molar-refractivity contribution in [2.75, 3.05) is 5.32 Å². The molecule has 0 radical (unpaired) electrons. The summed E-state index contributed by atoms with van der Waals surface area (Å²) in [5.74, 6) is -0.441. The molecule has 1 amide bonds. The molecule has 114 valence electrons. The van der Waals surface area contributed by atoms with Gasteiger partial charge in [-0.3, -0.25) is 14.2 Å².